The van der Waals surface area contributed by atoms with E-state index in [1.54, 1.807) is 13.0 Å². The molecule has 0 spiro atoms. The minimum atomic E-state index is -0.374. The zero-order valence-electron chi connectivity index (χ0n) is 11.1. The summed E-state index contributed by atoms with van der Waals surface area (Å²) in [6, 6.07) is 1.68. The fourth-order valence-corrected chi connectivity index (χ4v) is 3.19. The number of hydrogen-bond acceptors (Lipinski definition) is 4. The second-order valence-corrected chi connectivity index (χ2v) is 5.34. The molecule has 0 fully saturated rings. The molecule has 4 nitrogen and oxygen atoms in total. The fourth-order valence-electron chi connectivity index (χ4n) is 1.48. The van der Waals surface area contributed by atoms with Gasteiger partial charge in [0.2, 0.25) is 0 Å². The zero-order chi connectivity index (χ0) is 14.4. The van der Waals surface area contributed by atoms with Crippen LogP contribution in [-0.2, 0) is 4.74 Å². The summed E-state index contributed by atoms with van der Waals surface area (Å²) in [5, 5.41) is 0. The van der Waals surface area contributed by atoms with E-state index in [2.05, 4.69) is 38.5 Å². The Balaban J connectivity index is 3.33. The van der Waals surface area contributed by atoms with Gasteiger partial charge in [-0.2, -0.15) is 0 Å². The molecule has 1 aromatic rings. The van der Waals surface area contributed by atoms with E-state index in [9.17, 15) is 4.79 Å². The van der Waals surface area contributed by atoms with Gasteiger partial charge >= 0.3 is 5.97 Å². The van der Waals surface area contributed by atoms with Gasteiger partial charge in [-0.05, 0) is 65.4 Å². The Hall–Kier alpha value is -0.500. The minimum absolute atomic E-state index is 0.332. The van der Waals surface area contributed by atoms with E-state index in [0.717, 1.165) is 0 Å². The first-order valence-electron chi connectivity index (χ1n) is 6.01. The molecule has 0 radical (unpaired) electrons. The second-order valence-electron chi connectivity index (χ2n) is 3.47. The van der Waals surface area contributed by atoms with E-state index in [1.807, 2.05) is 13.8 Å². The minimum Gasteiger partial charge on any atom is -0.493 e. The van der Waals surface area contributed by atoms with Gasteiger partial charge in [-0.25, -0.2) is 4.79 Å². The third kappa shape index (κ3) is 3.98. The van der Waals surface area contributed by atoms with E-state index < -0.39 is 0 Å². The van der Waals surface area contributed by atoms with E-state index in [1.165, 1.54) is 0 Å². The van der Waals surface area contributed by atoms with Crippen LogP contribution < -0.4 is 9.47 Å². The summed E-state index contributed by atoms with van der Waals surface area (Å²) >= 11 is 5.53. The third-order valence-corrected chi connectivity index (χ3v) is 4.03. The molecule has 0 saturated heterocycles. The van der Waals surface area contributed by atoms with Crippen molar-refractivity contribution in [2.45, 2.75) is 20.8 Å². The predicted octanol–water partition coefficient (Wildman–Crippen LogP) is 4.03. The lowest BCUT2D eigenvalue weighted by Crippen LogP contribution is -2.10. The number of rotatable bonds is 6. The van der Waals surface area contributed by atoms with Gasteiger partial charge < -0.3 is 14.2 Å². The van der Waals surface area contributed by atoms with Crippen molar-refractivity contribution in [1.82, 2.24) is 0 Å². The van der Waals surface area contributed by atoms with Crippen molar-refractivity contribution in [3.63, 3.8) is 0 Å². The van der Waals surface area contributed by atoms with Crippen LogP contribution in [0.3, 0.4) is 0 Å². The maximum absolute atomic E-state index is 11.9. The molecule has 0 saturated carbocycles. The highest BCUT2D eigenvalue weighted by atomic mass is 127. The van der Waals surface area contributed by atoms with Crippen molar-refractivity contribution < 1.29 is 19.0 Å². The maximum atomic E-state index is 11.9. The number of benzene rings is 1. The summed E-state index contributed by atoms with van der Waals surface area (Å²) in [5.41, 5.74) is 0.456. The SMILES string of the molecule is CCOC(=O)c1cc(OCC)c(Br)c(OCC)c1I. The van der Waals surface area contributed by atoms with Crippen molar-refractivity contribution in [2.24, 2.45) is 0 Å². The molecule has 0 heterocycles. The standard InChI is InChI=1S/C13H16BrIO4/c1-4-17-9-7-8(13(16)19-6-3)11(15)12(10(9)14)18-5-2/h7H,4-6H2,1-3H3. The molecule has 0 bridgehead atoms. The van der Waals surface area contributed by atoms with Gasteiger partial charge in [0.1, 0.15) is 10.2 Å². The lowest BCUT2D eigenvalue weighted by molar-refractivity contribution is 0.0524. The molecular weight excluding hydrogens is 427 g/mol. The van der Waals surface area contributed by atoms with Crippen molar-refractivity contribution in [1.29, 1.82) is 0 Å². The Morgan fingerprint density at radius 2 is 1.84 bits per heavy atom. The summed E-state index contributed by atoms with van der Waals surface area (Å²) in [6.07, 6.45) is 0. The topological polar surface area (TPSA) is 44.8 Å². The van der Waals surface area contributed by atoms with Crippen molar-refractivity contribution >= 4 is 44.5 Å². The van der Waals surface area contributed by atoms with Gasteiger partial charge in [0.15, 0.2) is 5.75 Å². The van der Waals surface area contributed by atoms with Crippen LogP contribution in [0, 0.1) is 3.57 Å². The number of halogens is 2. The summed E-state index contributed by atoms with van der Waals surface area (Å²) in [7, 11) is 0. The van der Waals surface area contributed by atoms with Gasteiger partial charge in [0.05, 0.1) is 29.0 Å². The van der Waals surface area contributed by atoms with Crippen LogP contribution in [0.2, 0.25) is 0 Å². The number of esters is 1. The molecule has 0 aliphatic carbocycles. The lowest BCUT2D eigenvalue weighted by Gasteiger charge is -2.15. The predicted molar refractivity (Wildman–Crippen MR) is 85.2 cm³/mol. The fraction of sp³-hybridized carbons (Fsp3) is 0.462. The van der Waals surface area contributed by atoms with Crippen molar-refractivity contribution in [3.05, 3.63) is 19.7 Å². The van der Waals surface area contributed by atoms with Crippen molar-refractivity contribution in [2.75, 3.05) is 19.8 Å². The molecule has 1 rings (SSSR count). The average molecular weight is 443 g/mol. The quantitative estimate of drug-likeness (QED) is 0.493. The Labute approximate surface area is 135 Å². The smallest absolute Gasteiger partial charge is 0.339 e. The first-order chi connectivity index (χ1) is 9.06. The molecule has 0 N–H and O–H groups in total. The lowest BCUT2D eigenvalue weighted by atomic mass is 10.2. The highest BCUT2D eigenvalue weighted by Gasteiger charge is 2.21. The van der Waals surface area contributed by atoms with Crippen LogP contribution in [0.1, 0.15) is 31.1 Å². The Kier molecular flexibility index (Phi) is 6.92. The number of carbonyl (C=O) groups excluding carboxylic acids is 1. The molecule has 0 unspecified atom stereocenters. The molecule has 0 aliphatic rings. The monoisotopic (exact) mass is 442 g/mol. The van der Waals surface area contributed by atoms with Crippen LogP contribution in [-0.4, -0.2) is 25.8 Å². The molecule has 0 amide bonds. The number of hydrogen-bond donors (Lipinski definition) is 0. The van der Waals surface area contributed by atoms with E-state index in [0.29, 0.717) is 44.9 Å². The molecule has 1 aromatic carbocycles. The summed E-state index contributed by atoms with van der Waals surface area (Å²) in [6.45, 7) is 6.89. The zero-order valence-corrected chi connectivity index (χ0v) is 14.8. The molecule has 19 heavy (non-hydrogen) atoms. The van der Waals surface area contributed by atoms with Gasteiger partial charge in [0.25, 0.3) is 0 Å². The first kappa shape index (κ1) is 16.6. The highest BCUT2D eigenvalue weighted by Crippen LogP contribution is 2.40. The van der Waals surface area contributed by atoms with Crippen LogP contribution in [0.5, 0.6) is 11.5 Å². The molecule has 0 aliphatic heterocycles. The van der Waals surface area contributed by atoms with Gasteiger partial charge in [-0.1, -0.05) is 0 Å². The molecule has 106 valence electrons. The first-order valence-corrected chi connectivity index (χ1v) is 7.88. The van der Waals surface area contributed by atoms with Crippen LogP contribution in [0.4, 0.5) is 0 Å². The summed E-state index contributed by atoms with van der Waals surface area (Å²) < 4.78 is 17.6. The largest absolute Gasteiger partial charge is 0.493 e. The Morgan fingerprint density at radius 3 is 2.37 bits per heavy atom. The van der Waals surface area contributed by atoms with Crippen LogP contribution >= 0.6 is 38.5 Å². The van der Waals surface area contributed by atoms with Crippen LogP contribution in [0.15, 0.2) is 10.5 Å². The van der Waals surface area contributed by atoms with Gasteiger partial charge in [-0.3, -0.25) is 0 Å². The van der Waals surface area contributed by atoms with Gasteiger partial charge in [-0.15, -0.1) is 0 Å². The molecule has 6 heteroatoms. The number of ether oxygens (including phenoxy) is 3. The van der Waals surface area contributed by atoms with Crippen LogP contribution in [0.25, 0.3) is 0 Å². The molecular formula is C13H16BrIO4. The van der Waals surface area contributed by atoms with E-state index in [4.69, 9.17) is 14.2 Å². The summed E-state index contributed by atoms with van der Waals surface area (Å²) in [5.74, 6) is 0.813. The summed E-state index contributed by atoms with van der Waals surface area (Å²) in [4.78, 5) is 11.9. The molecule has 0 aromatic heterocycles. The second kappa shape index (κ2) is 7.94. The highest BCUT2D eigenvalue weighted by molar-refractivity contribution is 14.1. The normalized spacial score (nSPS) is 10.2. The molecule has 0 atom stereocenters. The average Bonchev–Trinajstić information content (AvgIpc) is 2.38. The third-order valence-electron chi connectivity index (χ3n) is 2.21. The Morgan fingerprint density at radius 1 is 1.21 bits per heavy atom. The maximum Gasteiger partial charge on any atom is 0.339 e. The Bertz CT molecular complexity index is 462. The number of carbonyl (C=O) groups is 1. The van der Waals surface area contributed by atoms with Gasteiger partial charge in [0, 0.05) is 0 Å². The van der Waals surface area contributed by atoms with E-state index >= 15 is 0 Å². The van der Waals surface area contributed by atoms with Crippen molar-refractivity contribution in [3.8, 4) is 11.5 Å². The van der Waals surface area contributed by atoms with E-state index in [-0.39, 0.29) is 5.97 Å².